The molecule has 0 spiro atoms. The Bertz CT molecular complexity index is 540. The average Bonchev–Trinajstić information content (AvgIpc) is 3.02. The van der Waals surface area contributed by atoms with E-state index in [2.05, 4.69) is 15.3 Å². The second-order valence-corrected chi connectivity index (χ2v) is 4.98. The van der Waals surface area contributed by atoms with Crippen molar-refractivity contribution in [3.8, 4) is 0 Å². The van der Waals surface area contributed by atoms with Crippen LogP contribution in [0.2, 0.25) is 0 Å². The van der Waals surface area contributed by atoms with Crippen molar-refractivity contribution in [2.45, 2.75) is 44.6 Å². The van der Waals surface area contributed by atoms with Gasteiger partial charge in [-0.1, -0.05) is 23.2 Å². The molecule has 6 nitrogen and oxygen atoms in total. The zero-order valence-corrected chi connectivity index (χ0v) is 10.3. The SMILES string of the molecule is Cc1cc(Cc2nc(C3(N)CCCC3)no2)no1. The van der Waals surface area contributed by atoms with Gasteiger partial charge in [0.25, 0.3) is 0 Å². The Hall–Kier alpha value is -1.69. The minimum absolute atomic E-state index is 0.401. The van der Waals surface area contributed by atoms with E-state index in [0.717, 1.165) is 37.1 Å². The molecule has 96 valence electrons. The molecule has 0 atom stereocenters. The summed E-state index contributed by atoms with van der Waals surface area (Å²) in [5.41, 5.74) is 6.66. The van der Waals surface area contributed by atoms with E-state index in [-0.39, 0.29) is 0 Å². The molecule has 1 fully saturated rings. The Balaban J connectivity index is 1.77. The van der Waals surface area contributed by atoms with Crippen molar-refractivity contribution in [1.82, 2.24) is 15.3 Å². The highest BCUT2D eigenvalue weighted by Gasteiger charge is 2.35. The minimum atomic E-state index is -0.401. The van der Waals surface area contributed by atoms with Gasteiger partial charge in [-0.05, 0) is 19.8 Å². The van der Waals surface area contributed by atoms with Gasteiger partial charge in [0.05, 0.1) is 17.7 Å². The maximum absolute atomic E-state index is 6.27. The van der Waals surface area contributed by atoms with Crippen molar-refractivity contribution in [2.75, 3.05) is 0 Å². The normalized spacial score (nSPS) is 18.3. The van der Waals surface area contributed by atoms with Crippen molar-refractivity contribution < 1.29 is 9.05 Å². The molecule has 0 bridgehead atoms. The first kappa shape index (κ1) is 11.4. The van der Waals surface area contributed by atoms with Crippen molar-refractivity contribution in [3.63, 3.8) is 0 Å². The van der Waals surface area contributed by atoms with Crippen molar-refractivity contribution in [1.29, 1.82) is 0 Å². The molecule has 1 aliphatic rings. The van der Waals surface area contributed by atoms with Crippen molar-refractivity contribution in [2.24, 2.45) is 5.73 Å². The summed E-state index contributed by atoms with van der Waals surface area (Å²) in [4.78, 5) is 4.38. The highest BCUT2D eigenvalue weighted by atomic mass is 16.5. The molecule has 2 N–H and O–H groups in total. The van der Waals surface area contributed by atoms with Gasteiger partial charge in [-0.25, -0.2) is 0 Å². The summed E-state index contributed by atoms with van der Waals surface area (Å²) >= 11 is 0. The lowest BCUT2D eigenvalue weighted by Gasteiger charge is -2.17. The molecule has 18 heavy (non-hydrogen) atoms. The topological polar surface area (TPSA) is 91.0 Å². The molecule has 6 heteroatoms. The standard InChI is InChI=1S/C12H16N4O2/c1-8-6-9(15-17-8)7-10-14-11(16-18-10)12(13)4-2-3-5-12/h6H,2-5,7,13H2,1H3. The number of nitrogens with two attached hydrogens (primary N) is 1. The number of aryl methyl sites for hydroxylation is 1. The molecule has 1 aliphatic carbocycles. The maximum atomic E-state index is 6.27. The Labute approximate surface area is 105 Å². The van der Waals surface area contributed by atoms with E-state index in [1.54, 1.807) is 0 Å². The van der Waals surface area contributed by atoms with Crippen LogP contribution in [0.25, 0.3) is 0 Å². The largest absolute Gasteiger partial charge is 0.361 e. The van der Waals surface area contributed by atoms with Crippen LogP contribution >= 0.6 is 0 Å². The maximum Gasteiger partial charge on any atom is 0.232 e. The lowest BCUT2D eigenvalue weighted by molar-refractivity contribution is 0.348. The zero-order chi connectivity index (χ0) is 12.6. The molecular weight excluding hydrogens is 232 g/mol. The van der Waals surface area contributed by atoms with Crippen LogP contribution in [0.3, 0.4) is 0 Å². The lowest BCUT2D eigenvalue weighted by Crippen LogP contribution is -2.34. The summed E-state index contributed by atoms with van der Waals surface area (Å²) in [6.07, 6.45) is 4.59. The first-order chi connectivity index (χ1) is 8.66. The third kappa shape index (κ3) is 2.03. The van der Waals surface area contributed by atoms with Gasteiger partial charge in [-0.2, -0.15) is 4.98 Å². The zero-order valence-electron chi connectivity index (χ0n) is 10.3. The van der Waals surface area contributed by atoms with E-state index in [1.165, 1.54) is 0 Å². The summed E-state index contributed by atoms with van der Waals surface area (Å²) in [6, 6.07) is 1.86. The molecule has 3 rings (SSSR count). The molecule has 2 aromatic heterocycles. The Morgan fingerprint density at radius 2 is 2.06 bits per heavy atom. The second-order valence-electron chi connectivity index (χ2n) is 4.98. The van der Waals surface area contributed by atoms with Crippen LogP contribution in [-0.4, -0.2) is 15.3 Å². The molecule has 0 aliphatic heterocycles. The fourth-order valence-electron chi connectivity index (χ4n) is 2.41. The molecule has 0 saturated heterocycles. The number of aromatic nitrogens is 3. The van der Waals surface area contributed by atoms with E-state index in [0.29, 0.717) is 18.1 Å². The van der Waals surface area contributed by atoms with Crippen LogP contribution in [-0.2, 0) is 12.0 Å². The number of nitrogens with zero attached hydrogens (tertiary/aromatic N) is 3. The van der Waals surface area contributed by atoms with E-state index in [4.69, 9.17) is 14.8 Å². The van der Waals surface area contributed by atoms with Crippen LogP contribution in [0.4, 0.5) is 0 Å². The predicted octanol–water partition coefficient (Wildman–Crippen LogP) is 1.68. The van der Waals surface area contributed by atoms with Gasteiger partial charge in [0.2, 0.25) is 5.89 Å². The van der Waals surface area contributed by atoms with Crippen LogP contribution < -0.4 is 5.73 Å². The van der Waals surface area contributed by atoms with Crippen LogP contribution in [0.5, 0.6) is 0 Å². The highest BCUT2D eigenvalue weighted by Crippen LogP contribution is 2.34. The predicted molar refractivity (Wildman–Crippen MR) is 62.7 cm³/mol. The summed E-state index contributed by atoms with van der Waals surface area (Å²) in [7, 11) is 0. The molecule has 1 saturated carbocycles. The van der Waals surface area contributed by atoms with Crippen LogP contribution in [0, 0.1) is 6.92 Å². The van der Waals surface area contributed by atoms with Gasteiger partial charge < -0.3 is 14.8 Å². The molecule has 2 aromatic rings. The third-order valence-electron chi connectivity index (χ3n) is 3.42. The van der Waals surface area contributed by atoms with E-state index in [1.807, 2.05) is 13.0 Å². The van der Waals surface area contributed by atoms with E-state index in [9.17, 15) is 0 Å². The quantitative estimate of drug-likeness (QED) is 0.888. The number of hydrogen-bond donors (Lipinski definition) is 1. The smallest absolute Gasteiger partial charge is 0.232 e. The van der Waals surface area contributed by atoms with Gasteiger partial charge in [-0.15, -0.1) is 0 Å². The summed E-state index contributed by atoms with van der Waals surface area (Å²) in [5.74, 6) is 1.93. The molecule has 0 radical (unpaired) electrons. The van der Waals surface area contributed by atoms with Crippen molar-refractivity contribution in [3.05, 3.63) is 29.2 Å². The Morgan fingerprint density at radius 1 is 1.28 bits per heavy atom. The fraction of sp³-hybridized carbons (Fsp3) is 0.583. The van der Waals surface area contributed by atoms with Gasteiger partial charge in [0, 0.05) is 6.07 Å². The van der Waals surface area contributed by atoms with E-state index < -0.39 is 5.54 Å². The highest BCUT2D eigenvalue weighted by molar-refractivity contribution is 5.11. The minimum Gasteiger partial charge on any atom is -0.361 e. The van der Waals surface area contributed by atoms with E-state index >= 15 is 0 Å². The van der Waals surface area contributed by atoms with Gasteiger partial charge in [0.1, 0.15) is 5.76 Å². The molecule has 0 unspecified atom stereocenters. The molecular formula is C12H16N4O2. The van der Waals surface area contributed by atoms with Gasteiger partial charge in [-0.3, -0.25) is 0 Å². The summed E-state index contributed by atoms with van der Waals surface area (Å²) in [6.45, 7) is 1.85. The number of rotatable bonds is 3. The lowest BCUT2D eigenvalue weighted by atomic mass is 9.99. The third-order valence-corrected chi connectivity index (χ3v) is 3.42. The average molecular weight is 248 g/mol. The second kappa shape index (κ2) is 4.20. The first-order valence-electron chi connectivity index (χ1n) is 6.20. The monoisotopic (exact) mass is 248 g/mol. The molecule has 2 heterocycles. The van der Waals surface area contributed by atoms with Gasteiger partial charge in [0.15, 0.2) is 5.82 Å². The Morgan fingerprint density at radius 3 is 2.72 bits per heavy atom. The van der Waals surface area contributed by atoms with Crippen molar-refractivity contribution >= 4 is 0 Å². The fourth-order valence-corrected chi connectivity index (χ4v) is 2.41. The van der Waals surface area contributed by atoms with Gasteiger partial charge >= 0.3 is 0 Å². The van der Waals surface area contributed by atoms with Crippen LogP contribution in [0.1, 0.15) is 48.9 Å². The summed E-state index contributed by atoms with van der Waals surface area (Å²) < 4.78 is 10.2. The molecule has 0 aromatic carbocycles. The van der Waals surface area contributed by atoms with Crippen LogP contribution in [0.15, 0.2) is 15.1 Å². The Kier molecular flexibility index (Phi) is 2.66. The molecule has 0 amide bonds. The first-order valence-corrected chi connectivity index (χ1v) is 6.20. The summed E-state index contributed by atoms with van der Waals surface area (Å²) in [5, 5.41) is 7.90. The number of hydrogen-bond acceptors (Lipinski definition) is 6.